The van der Waals surface area contributed by atoms with Gasteiger partial charge in [0.15, 0.2) is 28.8 Å². The van der Waals surface area contributed by atoms with E-state index in [-0.39, 0.29) is 5.82 Å². The number of hydrogen-bond acceptors (Lipinski definition) is 6. The van der Waals surface area contributed by atoms with Crippen LogP contribution < -0.4 is 19.5 Å². The molecule has 3 rings (SSSR count). The third-order valence-corrected chi connectivity index (χ3v) is 3.82. The van der Waals surface area contributed by atoms with E-state index in [9.17, 15) is 13.6 Å². The Balaban J connectivity index is 1.87. The van der Waals surface area contributed by atoms with Gasteiger partial charge in [-0.15, -0.1) is 0 Å². The van der Waals surface area contributed by atoms with Crippen molar-refractivity contribution in [3.8, 4) is 28.5 Å². The lowest BCUT2D eigenvalue weighted by molar-refractivity contribution is 0.101. The maximum Gasteiger partial charge on any atom is 0.278 e. The number of carbonyl (C=O) groups excluding carboxylic acids is 1. The predicted molar refractivity (Wildman–Crippen MR) is 95.8 cm³/mol. The molecule has 0 aliphatic rings. The molecule has 0 aliphatic heterocycles. The minimum atomic E-state index is -1.07. The summed E-state index contributed by atoms with van der Waals surface area (Å²) in [5.74, 6) is -1.38. The molecule has 8 nitrogen and oxygen atoms in total. The van der Waals surface area contributed by atoms with E-state index in [4.69, 9.17) is 14.2 Å². The van der Waals surface area contributed by atoms with Crippen molar-refractivity contribution in [1.29, 1.82) is 0 Å². The van der Waals surface area contributed by atoms with Crippen molar-refractivity contribution >= 4 is 11.7 Å². The van der Waals surface area contributed by atoms with Crippen molar-refractivity contribution in [2.24, 2.45) is 0 Å². The number of rotatable bonds is 6. The van der Waals surface area contributed by atoms with Gasteiger partial charge in [-0.2, -0.15) is 5.10 Å². The number of pyridine rings is 1. The number of halogens is 2. The average Bonchev–Trinajstić information content (AvgIpc) is 3.14. The smallest absolute Gasteiger partial charge is 0.278 e. The van der Waals surface area contributed by atoms with Crippen LogP contribution >= 0.6 is 0 Å². The second-order valence-corrected chi connectivity index (χ2v) is 5.52. The van der Waals surface area contributed by atoms with Crippen LogP contribution in [0.1, 0.15) is 10.5 Å². The van der Waals surface area contributed by atoms with Crippen LogP contribution in [0.2, 0.25) is 0 Å². The minimum absolute atomic E-state index is 0.124. The summed E-state index contributed by atoms with van der Waals surface area (Å²) < 4.78 is 42.5. The highest BCUT2D eigenvalue weighted by molar-refractivity contribution is 6.02. The van der Waals surface area contributed by atoms with Crippen molar-refractivity contribution in [2.75, 3.05) is 26.6 Å². The Labute approximate surface area is 158 Å². The Morgan fingerprint density at radius 3 is 2.29 bits per heavy atom. The number of hydrogen-bond donors (Lipinski definition) is 2. The second kappa shape index (κ2) is 7.91. The summed E-state index contributed by atoms with van der Waals surface area (Å²) in [5, 5.41) is 9.11. The number of carbonyl (C=O) groups is 1. The summed E-state index contributed by atoms with van der Waals surface area (Å²) in [7, 11) is 4.47. The van der Waals surface area contributed by atoms with E-state index in [0.29, 0.717) is 34.6 Å². The molecule has 0 unspecified atom stereocenters. The molecule has 0 aliphatic carbocycles. The summed E-state index contributed by atoms with van der Waals surface area (Å²) in [5.41, 5.74) is 0.634. The Hall–Kier alpha value is -3.69. The first kappa shape index (κ1) is 19.1. The quantitative estimate of drug-likeness (QED) is 0.671. The van der Waals surface area contributed by atoms with Gasteiger partial charge >= 0.3 is 0 Å². The lowest BCUT2D eigenvalue weighted by Gasteiger charge is -2.13. The van der Waals surface area contributed by atoms with Gasteiger partial charge in [-0.05, 0) is 12.1 Å². The third kappa shape index (κ3) is 3.70. The molecule has 0 spiro atoms. The van der Waals surface area contributed by atoms with Crippen LogP contribution in [0.15, 0.2) is 30.5 Å². The van der Waals surface area contributed by atoms with Crippen molar-refractivity contribution in [2.45, 2.75) is 0 Å². The van der Waals surface area contributed by atoms with Gasteiger partial charge in [0.25, 0.3) is 5.91 Å². The van der Waals surface area contributed by atoms with Gasteiger partial charge in [0.1, 0.15) is 5.82 Å². The van der Waals surface area contributed by atoms with Gasteiger partial charge in [-0.3, -0.25) is 9.89 Å². The Morgan fingerprint density at radius 2 is 1.71 bits per heavy atom. The molecule has 0 atom stereocenters. The normalized spacial score (nSPS) is 10.5. The number of nitrogens with zero attached hydrogens (tertiary/aromatic N) is 2. The number of anilines is 1. The SMILES string of the molecule is COc1cc(-c2cc(NC(=O)c3ncc(F)cc3F)n[nH]2)cc(OC)c1OC. The van der Waals surface area contributed by atoms with Gasteiger partial charge in [-0.25, -0.2) is 13.8 Å². The topological polar surface area (TPSA) is 98.4 Å². The number of ether oxygens (including phenoxy) is 3. The highest BCUT2D eigenvalue weighted by Gasteiger charge is 2.18. The molecule has 28 heavy (non-hydrogen) atoms. The minimum Gasteiger partial charge on any atom is -0.493 e. The van der Waals surface area contributed by atoms with Crippen LogP contribution in [0.3, 0.4) is 0 Å². The van der Waals surface area contributed by atoms with E-state index >= 15 is 0 Å². The van der Waals surface area contributed by atoms with E-state index < -0.39 is 23.2 Å². The Kier molecular flexibility index (Phi) is 5.39. The highest BCUT2D eigenvalue weighted by Crippen LogP contribution is 2.41. The van der Waals surface area contributed by atoms with Crippen LogP contribution in [-0.2, 0) is 0 Å². The molecule has 1 amide bonds. The number of amides is 1. The number of aromatic nitrogens is 3. The molecule has 2 heterocycles. The maximum atomic E-state index is 13.7. The zero-order valence-corrected chi connectivity index (χ0v) is 15.2. The highest BCUT2D eigenvalue weighted by atomic mass is 19.1. The molecule has 1 aromatic carbocycles. The Bertz CT molecular complexity index is 998. The molecule has 0 fully saturated rings. The summed E-state index contributed by atoms with van der Waals surface area (Å²) in [6.07, 6.45) is 0.754. The summed E-state index contributed by atoms with van der Waals surface area (Å²) in [6, 6.07) is 5.50. The largest absolute Gasteiger partial charge is 0.493 e. The molecular formula is C18H16F2N4O4. The molecule has 10 heteroatoms. The van der Waals surface area contributed by atoms with Gasteiger partial charge < -0.3 is 19.5 Å². The van der Waals surface area contributed by atoms with Crippen LogP contribution in [0.5, 0.6) is 17.2 Å². The van der Waals surface area contributed by atoms with Crippen LogP contribution in [0.4, 0.5) is 14.6 Å². The standard InChI is InChI=1S/C18H16F2N4O4/c1-26-13-4-9(5-14(27-2)17(13)28-3)12-7-15(24-23-12)22-18(25)16-11(20)6-10(19)8-21-16/h4-8H,1-3H3,(H2,22,23,24,25). The first-order chi connectivity index (χ1) is 13.5. The number of aromatic amines is 1. The number of benzene rings is 1. The number of H-pyrrole nitrogens is 1. The molecule has 2 aromatic heterocycles. The number of nitrogens with one attached hydrogen (secondary N) is 2. The van der Waals surface area contributed by atoms with Gasteiger partial charge in [-0.1, -0.05) is 0 Å². The second-order valence-electron chi connectivity index (χ2n) is 5.52. The van der Waals surface area contributed by atoms with E-state index in [1.54, 1.807) is 12.1 Å². The average molecular weight is 390 g/mol. The molecule has 0 radical (unpaired) electrons. The monoisotopic (exact) mass is 390 g/mol. The lowest BCUT2D eigenvalue weighted by atomic mass is 10.1. The molecule has 0 saturated carbocycles. The van der Waals surface area contributed by atoms with Crippen molar-refractivity contribution in [3.05, 3.63) is 47.8 Å². The van der Waals surface area contributed by atoms with Crippen molar-refractivity contribution in [3.63, 3.8) is 0 Å². The van der Waals surface area contributed by atoms with Crippen LogP contribution in [0.25, 0.3) is 11.3 Å². The van der Waals surface area contributed by atoms with E-state index in [1.165, 1.54) is 27.4 Å². The molecule has 2 N–H and O–H groups in total. The summed E-state index contributed by atoms with van der Waals surface area (Å²) in [4.78, 5) is 15.6. The first-order valence-electron chi connectivity index (χ1n) is 7.95. The summed E-state index contributed by atoms with van der Waals surface area (Å²) in [6.45, 7) is 0. The van der Waals surface area contributed by atoms with Gasteiger partial charge in [0.05, 0.1) is 33.2 Å². The zero-order chi connectivity index (χ0) is 20.3. The fourth-order valence-electron chi connectivity index (χ4n) is 2.53. The van der Waals surface area contributed by atoms with Crippen molar-refractivity contribution in [1.82, 2.24) is 15.2 Å². The first-order valence-corrected chi connectivity index (χ1v) is 7.95. The fraction of sp³-hybridized carbons (Fsp3) is 0.167. The van der Waals surface area contributed by atoms with Gasteiger partial charge in [0.2, 0.25) is 5.75 Å². The van der Waals surface area contributed by atoms with E-state index in [0.717, 1.165) is 6.20 Å². The summed E-state index contributed by atoms with van der Waals surface area (Å²) >= 11 is 0. The van der Waals surface area contributed by atoms with E-state index in [1.807, 2.05) is 0 Å². The maximum absolute atomic E-state index is 13.7. The fourth-order valence-corrected chi connectivity index (χ4v) is 2.53. The van der Waals surface area contributed by atoms with Gasteiger partial charge in [0, 0.05) is 17.7 Å². The number of methoxy groups -OCH3 is 3. The Morgan fingerprint density at radius 1 is 1.04 bits per heavy atom. The van der Waals surface area contributed by atoms with Crippen LogP contribution in [-0.4, -0.2) is 42.4 Å². The third-order valence-electron chi connectivity index (χ3n) is 3.82. The molecule has 146 valence electrons. The zero-order valence-electron chi connectivity index (χ0n) is 15.2. The van der Waals surface area contributed by atoms with Crippen molar-refractivity contribution < 1.29 is 27.8 Å². The van der Waals surface area contributed by atoms with Crippen LogP contribution in [0, 0.1) is 11.6 Å². The molecule has 0 bridgehead atoms. The molecule has 3 aromatic rings. The molecular weight excluding hydrogens is 374 g/mol. The van der Waals surface area contributed by atoms with E-state index in [2.05, 4.69) is 20.5 Å². The predicted octanol–water partition coefficient (Wildman–Crippen LogP) is 3.03. The lowest BCUT2D eigenvalue weighted by Crippen LogP contribution is -2.16. The molecule has 0 saturated heterocycles.